The zero-order chi connectivity index (χ0) is 24.3. The molecule has 2 N–H and O–H groups in total. The summed E-state index contributed by atoms with van der Waals surface area (Å²) in [7, 11) is 0. The van der Waals surface area contributed by atoms with Crippen molar-refractivity contribution in [3.05, 3.63) is 42.9 Å². The van der Waals surface area contributed by atoms with Gasteiger partial charge in [-0.15, -0.1) is 5.10 Å². The topological polar surface area (TPSA) is 125 Å². The lowest BCUT2D eigenvalue weighted by molar-refractivity contribution is -0.163. The highest BCUT2D eigenvalue weighted by Crippen LogP contribution is 2.24. The van der Waals surface area contributed by atoms with Crippen molar-refractivity contribution in [1.29, 1.82) is 0 Å². The minimum atomic E-state index is -0.256. The van der Waals surface area contributed by atoms with Gasteiger partial charge in [0, 0.05) is 24.4 Å². The van der Waals surface area contributed by atoms with E-state index >= 15 is 0 Å². The number of hydrogen-bond donors (Lipinski definition) is 2. The molecule has 36 heavy (non-hydrogen) atoms. The Morgan fingerprint density at radius 3 is 2.81 bits per heavy atom. The number of nitrogens with one attached hydrogen (secondary N) is 1. The number of aliphatic hydroxyl groups excluding tert-OH is 1. The molecule has 0 bridgehead atoms. The Morgan fingerprint density at radius 1 is 1.08 bits per heavy atom. The molecular weight excluding hydrogens is 460 g/mol. The maximum absolute atomic E-state index is 9.78. The van der Waals surface area contributed by atoms with E-state index < -0.39 is 0 Å². The number of rotatable bonds is 8. The van der Waals surface area contributed by atoms with Crippen molar-refractivity contribution in [1.82, 2.24) is 34.7 Å². The second kappa shape index (κ2) is 10.3. The SMILES string of the molecule is O[C@@H]1CC[C@@H](Nc2ncc3nnn(-c4ccc(-c5cnn(CCOC6CCCCO6)c5)cc4)c3n2)C1. The molecule has 4 heterocycles. The van der Waals surface area contributed by atoms with Crippen LogP contribution in [0.1, 0.15) is 38.5 Å². The summed E-state index contributed by atoms with van der Waals surface area (Å²) in [4.78, 5) is 9.01. The van der Waals surface area contributed by atoms with E-state index in [2.05, 4.69) is 30.7 Å². The number of aromatic nitrogens is 7. The van der Waals surface area contributed by atoms with E-state index in [1.807, 2.05) is 41.3 Å². The van der Waals surface area contributed by atoms with E-state index in [4.69, 9.17) is 9.47 Å². The third kappa shape index (κ3) is 5.08. The number of nitrogens with zero attached hydrogens (tertiary/aromatic N) is 7. The number of ether oxygens (including phenoxy) is 2. The average molecular weight is 491 g/mol. The van der Waals surface area contributed by atoms with Crippen LogP contribution in [0.4, 0.5) is 5.95 Å². The molecule has 6 rings (SSSR count). The summed E-state index contributed by atoms with van der Waals surface area (Å²) in [5, 5.41) is 26.1. The molecule has 0 spiro atoms. The van der Waals surface area contributed by atoms with Crippen LogP contribution >= 0.6 is 0 Å². The largest absolute Gasteiger partial charge is 0.393 e. The van der Waals surface area contributed by atoms with Gasteiger partial charge in [-0.3, -0.25) is 4.68 Å². The monoisotopic (exact) mass is 490 g/mol. The van der Waals surface area contributed by atoms with Gasteiger partial charge in [-0.25, -0.2) is 4.98 Å². The first-order chi connectivity index (χ1) is 17.7. The van der Waals surface area contributed by atoms with Crippen molar-refractivity contribution in [3.63, 3.8) is 0 Å². The fourth-order valence-corrected chi connectivity index (χ4v) is 4.79. The molecule has 3 aromatic heterocycles. The minimum absolute atomic E-state index is 0.0815. The molecule has 11 heteroatoms. The van der Waals surface area contributed by atoms with Gasteiger partial charge < -0.3 is 19.9 Å². The molecule has 3 atom stereocenters. The van der Waals surface area contributed by atoms with Crippen LogP contribution in [0, 0.1) is 0 Å². The zero-order valence-electron chi connectivity index (χ0n) is 20.0. The highest BCUT2D eigenvalue weighted by molar-refractivity contribution is 5.72. The molecule has 0 amide bonds. The number of hydrogen-bond acceptors (Lipinski definition) is 9. The Kier molecular flexibility index (Phi) is 6.58. The molecule has 1 aliphatic carbocycles. The van der Waals surface area contributed by atoms with Crippen LogP contribution in [0.15, 0.2) is 42.9 Å². The minimum Gasteiger partial charge on any atom is -0.393 e. The molecule has 0 radical (unpaired) electrons. The molecule has 11 nitrogen and oxygen atoms in total. The third-order valence-electron chi connectivity index (χ3n) is 6.77. The number of fused-ring (bicyclic) bond motifs is 1. The van der Waals surface area contributed by atoms with Gasteiger partial charge in [0.15, 0.2) is 17.5 Å². The van der Waals surface area contributed by atoms with Gasteiger partial charge >= 0.3 is 0 Å². The smallest absolute Gasteiger partial charge is 0.225 e. The number of benzene rings is 1. The van der Waals surface area contributed by atoms with Crippen molar-refractivity contribution in [3.8, 4) is 16.8 Å². The summed E-state index contributed by atoms with van der Waals surface area (Å²) < 4.78 is 15.0. The summed E-state index contributed by atoms with van der Waals surface area (Å²) in [5.74, 6) is 0.521. The maximum atomic E-state index is 9.78. The highest BCUT2D eigenvalue weighted by Gasteiger charge is 2.23. The van der Waals surface area contributed by atoms with Gasteiger partial charge in [0.05, 0.1) is 37.3 Å². The fraction of sp³-hybridized carbons (Fsp3) is 0.480. The molecule has 2 fully saturated rings. The van der Waals surface area contributed by atoms with E-state index in [0.29, 0.717) is 36.7 Å². The van der Waals surface area contributed by atoms with Crippen LogP contribution in [0.2, 0.25) is 0 Å². The predicted molar refractivity (Wildman–Crippen MR) is 132 cm³/mol. The Labute approximate surface area is 208 Å². The predicted octanol–water partition coefficient (Wildman–Crippen LogP) is 2.94. The van der Waals surface area contributed by atoms with Crippen molar-refractivity contribution in [2.75, 3.05) is 18.5 Å². The number of anilines is 1. The molecule has 1 saturated heterocycles. The second-order valence-electron chi connectivity index (χ2n) is 9.42. The van der Waals surface area contributed by atoms with Crippen molar-refractivity contribution in [2.24, 2.45) is 0 Å². The molecule has 1 unspecified atom stereocenters. The average Bonchev–Trinajstić information content (AvgIpc) is 3.65. The van der Waals surface area contributed by atoms with Gasteiger partial charge in [0.1, 0.15) is 0 Å². The van der Waals surface area contributed by atoms with E-state index in [0.717, 1.165) is 55.5 Å². The van der Waals surface area contributed by atoms with Crippen LogP contribution in [0.5, 0.6) is 0 Å². The van der Waals surface area contributed by atoms with E-state index in [9.17, 15) is 5.11 Å². The fourth-order valence-electron chi connectivity index (χ4n) is 4.79. The van der Waals surface area contributed by atoms with Crippen LogP contribution < -0.4 is 5.32 Å². The lowest BCUT2D eigenvalue weighted by atomic mass is 10.1. The first kappa shape index (κ1) is 23.0. The highest BCUT2D eigenvalue weighted by atomic mass is 16.7. The molecule has 2 aliphatic rings. The summed E-state index contributed by atoms with van der Waals surface area (Å²) in [5.41, 5.74) is 4.21. The number of aliphatic hydroxyl groups is 1. The Hall–Kier alpha value is -3.41. The van der Waals surface area contributed by atoms with Crippen molar-refractivity contribution in [2.45, 2.75) is 63.5 Å². The van der Waals surface area contributed by atoms with Crippen LogP contribution in [-0.4, -0.2) is 71.5 Å². The summed E-state index contributed by atoms with van der Waals surface area (Å²) in [6.45, 7) is 2.04. The Bertz CT molecular complexity index is 1300. The van der Waals surface area contributed by atoms with E-state index in [1.165, 1.54) is 0 Å². The van der Waals surface area contributed by atoms with Crippen molar-refractivity contribution < 1.29 is 14.6 Å². The maximum Gasteiger partial charge on any atom is 0.225 e. The quantitative estimate of drug-likeness (QED) is 0.383. The van der Waals surface area contributed by atoms with E-state index in [1.54, 1.807) is 10.9 Å². The van der Waals surface area contributed by atoms with Gasteiger partial charge in [-0.05, 0) is 56.2 Å². The van der Waals surface area contributed by atoms with Crippen LogP contribution in [-0.2, 0) is 16.0 Å². The standard InChI is InChI=1S/C25H30N8O3/c34-21-9-6-19(13-21)28-25-26-15-22-24(29-25)33(31-30-22)20-7-4-17(5-8-20)18-14-27-32(16-18)10-12-36-23-3-1-2-11-35-23/h4-5,7-8,14-16,19,21,23,34H,1-3,6,9-13H2,(H,26,28,29)/t19-,21-,23?/m1/s1. The summed E-state index contributed by atoms with van der Waals surface area (Å²) in [6.07, 6.45) is 10.9. The van der Waals surface area contributed by atoms with Gasteiger partial charge in [-0.1, -0.05) is 17.3 Å². The van der Waals surface area contributed by atoms with Gasteiger partial charge in [-0.2, -0.15) is 14.8 Å². The zero-order valence-corrected chi connectivity index (χ0v) is 20.0. The summed E-state index contributed by atoms with van der Waals surface area (Å²) >= 11 is 0. The first-order valence-electron chi connectivity index (χ1n) is 12.6. The molecule has 1 aromatic carbocycles. The third-order valence-corrected chi connectivity index (χ3v) is 6.77. The van der Waals surface area contributed by atoms with Gasteiger partial charge in [0.25, 0.3) is 0 Å². The lowest BCUT2D eigenvalue weighted by Gasteiger charge is -2.22. The van der Waals surface area contributed by atoms with Crippen LogP contribution in [0.3, 0.4) is 0 Å². The molecule has 188 valence electrons. The lowest BCUT2D eigenvalue weighted by Crippen LogP contribution is -2.24. The Morgan fingerprint density at radius 2 is 2.00 bits per heavy atom. The molecule has 1 saturated carbocycles. The molecular formula is C25H30N8O3. The first-order valence-corrected chi connectivity index (χ1v) is 12.6. The molecule has 4 aromatic rings. The van der Waals surface area contributed by atoms with Gasteiger partial charge in [0.2, 0.25) is 5.95 Å². The normalized spacial score (nSPS) is 22.3. The summed E-state index contributed by atoms with van der Waals surface area (Å²) in [6, 6.07) is 8.24. The Balaban J connectivity index is 1.12. The molecule has 1 aliphatic heterocycles. The second-order valence-corrected chi connectivity index (χ2v) is 9.42. The van der Waals surface area contributed by atoms with Crippen LogP contribution in [0.25, 0.3) is 28.0 Å². The van der Waals surface area contributed by atoms with E-state index in [-0.39, 0.29) is 18.4 Å². The van der Waals surface area contributed by atoms with Crippen molar-refractivity contribution >= 4 is 17.1 Å².